The van der Waals surface area contributed by atoms with Gasteiger partial charge in [-0.3, -0.25) is 0 Å². The van der Waals surface area contributed by atoms with Crippen LogP contribution in [0, 0.1) is 0 Å². The van der Waals surface area contributed by atoms with Crippen LogP contribution in [0.25, 0.3) is 0 Å². The maximum absolute atomic E-state index is 5.77. The highest BCUT2D eigenvalue weighted by molar-refractivity contribution is 7.99. The van der Waals surface area contributed by atoms with Crippen molar-refractivity contribution in [2.75, 3.05) is 36.9 Å². The number of hydrogen-bond acceptors (Lipinski definition) is 7. The molecule has 0 atom stereocenters. The smallest absolute Gasteiger partial charge is 0.231 e. The number of thioether (sulfide) groups is 1. The minimum absolute atomic E-state index is 0.313. The third-order valence-corrected chi connectivity index (χ3v) is 4.14. The summed E-state index contributed by atoms with van der Waals surface area (Å²) < 4.78 is 5.15. The first kappa shape index (κ1) is 12.0. The normalized spacial score (nSPS) is 20.8. The molecule has 7 heteroatoms. The Balaban J connectivity index is 1.75. The molecule has 2 aliphatic rings. The summed E-state index contributed by atoms with van der Waals surface area (Å²) in [6.45, 7) is 3.57. The third kappa shape index (κ3) is 2.67. The Morgan fingerprint density at radius 1 is 1.11 bits per heavy atom. The number of anilines is 2. The zero-order chi connectivity index (χ0) is 12.4. The van der Waals surface area contributed by atoms with Crippen LogP contribution in [0.2, 0.25) is 0 Å². The number of ether oxygens (including phenoxy) is 1. The summed E-state index contributed by atoms with van der Waals surface area (Å²) in [5.41, 5.74) is 5.77. The molecule has 18 heavy (non-hydrogen) atoms. The molecular weight excluding hydrogens is 250 g/mol. The molecule has 3 heterocycles. The summed E-state index contributed by atoms with van der Waals surface area (Å²) >= 11 is 1.63. The molecule has 1 aromatic heterocycles. The van der Waals surface area contributed by atoms with E-state index in [1.807, 2.05) is 0 Å². The highest BCUT2D eigenvalue weighted by Crippen LogP contribution is 2.27. The van der Waals surface area contributed by atoms with E-state index < -0.39 is 0 Å². The number of nitrogen functional groups attached to an aromatic ring is 1. The van der Waals surface area contributed by atoms with Crippen molar-refractivity contribution in [3.05, 3.63) is 0 Å². The molecule has 0 unspecified atom stereocenters. The Morgan fingerprint density at radius 3 is 2.56 bits per heavy atom. The molecule has 0 bridgehead atoms. The van der Waals surface area contributed by atoms with Gasteiger partial charge in [-0.05, 0) is 19.3 Å². The van der Waals surface area contributed by atoms with Crippen molar-refractivity contribution < 1.29 is 4.74 Å². The van der Waals surface area contributed by atoms with Crippen LogP contribution in [0.4, 0.5) is 11.9 Å². The topological polar surface area (TPSA) is 77.2 Å². The predicted molar refractivity (Wildman–Crippen MR) is 70.8 cm³/mol. The number of piperidine rings is 1. The van der Waals surface area contributed by atoms with Gasteiger partial charge in [0.15, 0.2) is 5.16 Å². The molecule has 0 spiro atoms. The summed E-state index contributed by atoms with van der Waals surface area (Å²) in [4.78, 5) is 15.1. The summed E-state index contributed by atoms with van der Waals surface area (Å²) in [6, 6.07) is 0. The van der Waals surface area contributed by atoms with Crippen molar-refractivity contribution in [3.63, 3.8) is 0 Å². The van der Waals surface area contributed by atoms with E-state index in [-0.39, 0.29) is 0 Å². The first-order valence-corrected chi connectivity index (χ1v) is 7.20. The van der Waals surface area contributed by atoms with Crippen LogP contribution >= 0.6 is 11.8 Å². The van der Waals surface area contributed by atoms with Gasteiger partial charge in [0.1, 0.15) is 0 Å². The highest BCUT2D eigenvalue weighted by Gasteiger charge is 2.22. The quantitative estimate of drug-likeness (QED) is 0.873. The summed E-state index contributed by atoms with van der Waals surface area (Å²) in [6.07, 6.45) is 3.69. The Morgan fingerprint density at radius 2 is 1.89 bits per heavy atom. The van der Waals surface area contributed by atoms with Gasteiger partial charge in [0.05, 0.1) is 18.5 Å². The zero-order valence-electron chi connectivity index (χ0n) is 10.2. The maximum atomic E-state index is 5.77. The average Bonchev–Trinajstić information content (AvgIpc) is 2.34. The van der Waals surface area contributed by atoms with Crippen LogP contribution < -0.4 is 10.6 Å². The van der Waals surface area contributed by atoms with Crippen molar-refractivity contribution in [1.82, 2.24) is 15.0 Å². The molecular formula is C11H17N5OS. The van der Waals surface area contributed by atoms with E-state index in [1.54, 1.807) is 11.8 Å². The first-order valence-electron chi connectivity index (χ1n) is 6.32. The second-order valence-electron chi connectivity index (χ2n) is 4.60. The number of hydrogen-bond donors (Lipinski definition) is 1. The van der Waals surface area contributed by atoms with Crippen LogP contribution in [0.15, 0.2) is 5.16 Å². The minimum atomic E-state index is 0.313. The van der Waals surface area contributed by atoms with E-state index in [2.05, 4.69) is 19.9 Å². The van der Waals surface area contributed by atoms with Crippen LogP contribution in [0.5, 0.6) is 0 Å². The summed E-state index contributed by atoms with van der Waals surface area (Å²) in [5.74, 6) is 1.04. The Labute approximate surface area is 110 Å². The number of rotatable bonds is 3. The maximum Gasteiger partial charge on any atom is 0.231 e. The number of nitrogens with zero attached hydrogens (tertiary/aromatic N) is 4. The molecule has 0 radical (unpaired) electrons. The molecule has 2 N–H and O–H groups in total. The Kier molecular flexibility index (Phi) is 3.51. The average molecular weight is 267 g/mol. The number of aromatic nitrogens is 3. The van der Waals surface area contributed by atoms with E-state index in [0.29, 0.717) is 11.2 Å². The largest absolute Gasteiger partial charge is 0.379 e. The van der Waals surface area contributed by atoms with Crippen molar-refractivity contribution in [1.29, 1.82) is 0 Å². The molecule has 0 saturated carbocycles. The van der Waals surface area contributed by atoms with Gasteiger partial charge in [0, 0.05) is 13.1 Å². The molecule has 1 aromatic rings. The van der Waals surface area contributed by atoms with E-state index >= 15 is 0 Å². The van der Waals surface area contributed by atoms with E-state index in [9.17, 15) is 0 Å². The minimum Gasteiger partial charge on any atom is -0.379 e. The van der Waals surface area contributed by atoms with E-state index in [0.717, 1.165) is 37.4 Å². The Bertz CT molecular complexity index is 420. The molecule has 2 fully saturated rings. The lowest BCUT2D eigenvalue weighted by atomic mass is 10.1. The SMILES string of the molecule is Nc1nc(SC2COC2)nc(N2CCCCC2)n1. The molecule has 0 amide bonds. The summed E-state index contributed by atoms with van der Waals surface area (Å²) in [5, 5.41) is 1.18. The molecule has 98 valence electrons. The summed E-state index contributed by atoms with van der Waals surface area (Å²) in [7, 11) is 0. The monoisotopic (exact) mass is 267 g/mol. The molecule has 3 rings (SSSR count). The lowest BCUT2D eigenvalue weighted by molar-refractivity contribution is 0.0454. The van der Waals surface area contributed by atoms with Gasteiger partial charge >= 0.3 is 0 Å². The second kappa shape index (κ2) is 5.27. The van der Waals surface area contributed by atoms with Gasteiger partial charge in [-0.15, -0.1) is 0 Å². The van der Waals surface area contributed by atoms with E-state index in [1.165, 1.54) is 19.3 Å². The Hall–Kier alpha value is -1.08. The predicted octanol–water partition coefficient (Wildman–Crippen LogP) is 0.935. The zero-order valence-corrected chi connectivity index (χ0v) is 11.0. The van der Waals surface area contributed by atoms with Crippen molar-refractivity contribution in [3.8, 4) is 0 Å². The molecule has 0 aromatic carbocycles. The molecule has 6 nitrogen and oxygen atoms in total. The van der Waals surface area contributed by atoms with Crippen LogP contribution in [0.1, 0.15) is 19.3 Å². The number of nitrogens with two attached hydrogens (primary N) is 1. The van der Waals surface area contributed by atoms with Crippen molar-refractivity contribution in [2.45, 2.75) is 29.7 Å². The lowest BCUT2D eigenvalue weighted by Gasteiger charge is -2.27. The van der Waals surface area contributed by atoms with Crippen molar-refractivity contribution >= 4 is 23.7 Å². The van der Waals surface area contributed by atoms with Gasteiger partial charge in [-0.2, -0.15) is 15.0 Å². The fraction of sp³-hybridized carbons (Fsp3) is 0.727. The van der Waals surface area contributed by atoms with Crippen LogP contribution in [-0.4, -0.2) is 46.5 Å². The van der Waals surface area contributed by atoms with Crippen molar-refractivity contribution in [2.24, 2.45) is 0 Å². The lowest BCUT2D eigenvalue weighted by Crippen LogP contribution is -2.32. The standard InChI is InChI=1S/C11H17N5OS/c12-9-13-10(16-4-2-1-3-5-16)15-11(14-9)18-8-6-17-7-8/h8H,1-7H2,(H2,12,13,14,15). The highest BCUT2D eigenvalue weighted by atomic mass is 32.2. The molecule has 0 aliphatic carbocycles. The van der Waals surface area contributed by atoms with Crippen LogP contribution in [0.3, 0.4) is 0 Å². The molecule has 2 saturated heterocycles. The van der Waals surface area contributed by atoms with Crippen LogP contribution in [-0.2, 0) is 4.74 Å². The second-order valence-corrected chi connectivity index (χ2v) is 5.87. The van der Waals surface area contributed by atoms with Gasteiger partial charge in [-0.25, -0.2) is 0 Å². The fourth-order valence-electron chi connectivity index (χ4n) is 2.08. The van der Waals surface area contributed by atoms with Gasteiger partial charge in [0.25, 0.3) is 0 Å². The fourth-order valence-corrected chi connectivity index (χ4v) is 2.99. The first-order chi connectivity index (χ1) is 8.81. The third-order valence-electron chi connectivity index (χ3n) is 3.14. The van der Waals surface area contributed by atoms with E-state index in [4.69, 9.17) is 10.5 Å². The molecule has 2 aliphatic heterocycles. The van der Waals surface area contributed by atoms with Gasteiger partial charge < -0.3 is 15.4 Å². The van der Waals surface area contributed by atoms with Gasteiger partial charge in [0.2, 0.25) is 11.9 Å². The van der Waals surface area contributed by atoms with Gasteiger partial charge in [-0.1, -0.05) is 11.8 Å².